The van der Waals surface area contributed by atoms with E-state index in [4.69, 9.17) is 4.52 Å². The van der Waals surface area contributed by atoms with Crippen LogP contribution in [0.1, 0.15) is 15.9 Å². The molecular formula is C32H26O2PS+. The summed E-state index contributed by atoms with van der Waals surface area (Å²) in [6.07, 6.45) is 0. The van der Waals surface area contributed by atoms with Crippen LogP contribution >= 0.6 is 19.3 Å². The Labute approximate surface area is 217 Å². The van der Waals surface area contributed by atoms with Crippen molar-refractivity contribution in [1.29, 1.82) is 0 Å². The van der Waals surface area contributed by atoms with Crippen LogP contribution in [0.25, 0.3) is 0 Å². The monoisotopic (exact) mass is 505 g/mol. The van der Waals surface area contributed by atoms with E-state index in [2.05, 4.69) is 48.5 Å². The van der Waals surface area contributed by atoms with Crippen LogP contribution in [0.15, 0.2) is 150 Å². The van der Waals surface area contributed by atoms with E-state index in [1.807, 2.05) is 97.1 Å². The summed E-state index contributed by atoms with van der Waals surface area (Å²) in [6.45, 7) is 0. The largest absolute Gasteiger partial charge is 0.383 e. The highest BCUT2D eigenvalue weighted by Crippen LogP contribution is 2.57. The average molecular weight is 506 g/mol. The summed E-state index contributed by atoms with van der Waals surface area (Å²) in [7, 11) is -2.73. The molecule has 0 aliphatic carbocycles. The van der Waals surface area contributed by atoms with E-state index in [0.717, 1.165) is 26.6 Å². The van der Waals surface area contributed by atoms with Gasteiger partial charge in [-0.1, -0.05) is 97.1 Å². The predicted molar refractivity (Wildman–Crippen MR) is 153 cm³/mol. The molecule has 0 N–H and O–H groups in total. The molecule has 0 bridgehead atoms. The Kier molecular flexibility index (Phi) is 7.61. The zero-order valence-electron chi connectivity index (χ0n) is 19.7. The Morgan fingerprint density at radius 2 is 0.972 bits per heavy atom. The second-order valence-corrected chi connectivity index (χ2v) is 12.2. The maximum atomic E-state index is 14.0. The molecule has 0 aliphatic rings. The second kappa shape index (κ2) is 11.4. The first-order chi connectivity index (χ1) is 17.8. The Morgan fingerprint density at radius 3 is 1.47 bits per heavy atom. The first kappa shape index (κ1) is 24.1. The number of carbonyl (C=O) groups excluding carboxylic acids is 1. The minimum Gasteiger partial charge on any atom is -0.292 e. The molecule has 5 aromatic rings. The summed E-state index contributed by atoms with van der Waals surface area (Å²) in [5.41, 5.74) is 1.80. The lowest BCUT2D eigenvalue weighted by molar-refractivity contribution is 0.0751. The standard InChI is InChI=1S/C32H26O2PS/c33-32(30-23-13-14-24-31(30)36-25-26-15-5-1-6-16-26)34-35(27-17-7-2-8-18-27,28-19-9-3-10-20-28)29-21-11-4-12-22-29/h1-24H,25H2/q+1. The first-order valence-corrected chi connectivity index (χ1v) is 14.5. The van der Waals surface area contributed by atoms with Gasteiger partial charge in [0.15, 0.2) is 0 Å². The SMILES string of the molecule is O=C(O[P+](c1ccccc1)(c1ccccc1)c1ccccc1)c1ccccc1SCc1ccccc1. The van der Waals surface area contributed by atoms with E-state index >= 15 is 0 Å². The molecule has 0 unspecified atom stereocenters. The maximum Gasteiger partial charge on any atom is 0.383 e. The van der Waals surface area contributed by atoms with Crippen molar-refractivity contribution < 1.29 is 9.32 Å². The van der Waals surface area contributed by atoms with Crippen LogP contribution in [0.4, 0.5) is 0 Å². The highest BCUT2D eigenvalue weighted by molar-refractivity contribution is 7.98. The molecule has 36 heavy (non-hydrogen) atoms. The zero-order chi connectivity index (χ0) is 24.6. The number of hydrogen-bond donors (Lipinski definition) is 0. The Bertz CT molecular complexity index is 1310. The molecule has 0 saturated carbocycles. The van der Waals surface area contributed by atoms with Gasteiger partial charge in [0.05, 0.1) is 5.56 Å². The number of thioether (sulfide) groups is 1. The fourth-order valence-electron chi connectivity index (χ4n) is 4.19. The Balaban J connectivity index is 1.58. The van der Waals surface area contributed by atoms with Crippen molar-refractivity contribution in [3.05, 3.63) is 157 Å². The maximum absolute atomic E-state index is 14.0. The topological polar surface area (TPSA) is 26.3 Å². The van der Waals surface area contributed by atoms with Gasteiger partial charge in [0, 0.05) is 10.6 Å². The van der Waals surface area contributed by atoms with Crippen LogP contribution in [-0.2, 0) is 10.3 Å². The molecule has 0 spiro atoms. The lowest BCUT2D eigenvalue weighted by Crippen LogP contribution is -2.34. The van der Waals surface area contributed by atoms with Gasteiger partial charge in [-0.15, -0.1) is 11.8 Å². The molecule has 0 aromatic heterocycles. The van der Waals surface area contributed by atoms with Gasteiger partial charge >= 0.3 is 5.97 Å². The molecular weight excluding hydrogens is 479 g/mol. The van der Waals surface area contributed by atoms with Gasteiger partial charge in [-0.3, -0.25) is 4.52 Å². The molecule has 0 heterocycles. The van der Waals surface area contributed by atoms with Crippen molar-refractivity contribution in [2.45, 2.75) is 10.6 Å². The van der Waals surface area contributed by atoms with Crippen molar-refractivity contribution in [3.63, 3.8) is 0 Å². The second-order valence-electron chi connectivity index (χ2n) is 8.27. The molecule has 5 rings (SSSR count). The third-order valence-corrected chi connectivity index (χ3v) is 10.6. The Hall–Kier alpha value is -3.65. The fourth-order valence-corrected chi connectivity index (χ4v) is 8.52. The van der Waals surface area contributed by atoms with Gasteiger partial charge in [0.2, 0.25) is 0 Å². The molecule has 0 fully saturated rings. The lowest BCUT2D eigenvalue weighted by atomic mass is 10.2. The molecule has 5 aromatic carbocycles. The van der Waals surface area contributed by atoms with E-state index in [1.165, 1.54) is 5.56 Å². The quantitative estimate of drug-likeness (QED) is 0.167. The Morgan fingerprint density at radius 1 is 0.556 bits per heavy atom. The van der Waals surface area contributed by atoms with E-state index in [9.17, 15) is 4.79 Å². The van der Waals surface area contributed by atoms with E-state index in [0.29, 0.717) is 5.56 Å². The summed E-state index contributed by atoms with van der Waals surface area (Å²) >= 11 is 1.65. The lowest BCUT2D eigenvalue weighted by Gasteiger charge is -2.25. The van der Waals surface area contributed by atoms with E-state index in [-0.39, 0.29) is 5.97 Å². The zero-order valence-corrected chi connectivity index (χ0v) is 21.4. The van der Waals surface area contributed by atoms with Crippen LogP contribution in [-0.4, -0.2) is 5.97 Å². The molecule has 0 amide bonds. The van der Waals surface area contributed by atoms with E-state index < -0.39 is 7.49 Å². The van der Waals surface area contributed by atoms with Crippen molar-refractivity contribution in [2.24, 2.45) is 0 Å². The van der Waals surface area contributed by atoms with Gasteiger partial charge < -0.3 is 0 Å². The number of rotatable bonds is 8. The van der Waals surface area contributed by atoms with Gasteiger partial charge in [-0.05, 0) is 54.1 Å². The van der Waals surface area contributed by atoms with Crippen molar-refractivity contribution in [1.82, 2.24) is 0 Å². The average Bonchev–Trinajstić information content (AvgIpc) is 2.97. The fraction of sp³-hybridized carbons (Fsp3) is 0.0312. The molecule has 176 valence electrons. The van der Waals surface area contributed by atoms with Crippen LogP contribution in [0.3, 0.4) is 0 Å². The summed E-state index contributed by atoms with van der Waals surface area (Å²) in [5.74, 6) is 0.470. The normalized spacial score (nSPS) is 11.1. The van der Waals surface area contributed by atoms with Crippen molar-refractivity contribution in [2.75, 3.05) is 0 Å². The van der Waals surface area contributed by atoms with Gasteiger partial charge in [0.1, 0.15) is 15.9 Å². The molecule has 0 atom stereocenters. The van der Waals surface area contributed by atoms with Gasteiger partial charge in [-0.2, -0.15) is 0 Å². The number of carbonyl (C=O) groups is 1. The smallest absolute Gasteiger partial charge is 0.292 e. The third-order valence-electron chi connectivity index (χ3n) is 5.92. The molecule has 0 radical (unpaired) electrons. The molecule has 0 aliphatic heterocycles. The van der Waals surface area contributed by atoms with Crippen molar-refractivity contribution in [3.8, 4) is 0 Å². The number of benzene rings is 5. The summed E-state index contributed by atoms with van der Waals surface area (Å²) < 4.78 is 6.73. The molecule has 2 nitrogen and oxygen atoms in total. The third kappa shape index (κ3) is 5.14. The summed E-state index contributed by atoms with van der Waals surface area (Å²) in [6, 6.07) is 48.4. The highest BCUT2D eigenvalue weighted by atomic mass is 32.2. The predicted octanol–water partition coefficient (Wildman–Crippen LogP) is 7.04. The summed E-state index contributed by atoms with van der Waals surface area (Å²) in [5, 5.41) is 3.01. The first-order valence-electron chi connectivity index (χ1n) is 11.8. The molecule has 0 saturated heterocycles. The van der Waals surface area contributed by atoms with Crippen LogP contribution in [0, 0.1) is 0 Å². The van der Waals surface area contributed by atoms with Gasteiger partial charge in [0.25, 0.3) is 7.49 Å². The van der Waals surface area contributed by atoms with Crippen LogP contribution < -0.4 is 15.9 Å². The highest BCUT2D eigenvalue weighted by Gasteiger charge is 2.51. The van der Waals surface area contributed by atoms with Crippen LogP contribution in [0.2, 0.25) is 0 Å². The number of hydrogen-bond acceptors (Lipinski definition) is 3. The van der Waals surface area contributed by atoms with E-state index in [1.54, 1.807) is 11.8 Å². The van der Waals surface area contributed by atoms with Crippen LogP contribution in [0.5, 0.6) is 0 Å². The van der Waals surface area contributed by atoms with Gasteiger partial charge in [-0.25, -0.2) is 4.79 Å². The van der Waals surface area contributed by atoms with Crippen molar-refractivity contribution >= 4 is 41.1 Å². The minimum absolute atomic E-state index is 0.309. The minimum atomic E-state index is -2.73. The summed E-state index contributed by atoms with van der Waals surface area (Å²) in [4.78, 5) is 14.9. The molecule has 4 heteroatoms.